The minimum absolute atomic E-state index is 0.128. The Morgan fingerprint density at radius 2 is 1.91 bits per heavy atom. The van der Waals surface area contributed by atoms with Gasteiger partial charge >= 0.3 is 12.1 Å². The van der Waals surface area contributed by atoms with Gasteiger partial charge in [-0.05, 0) is 34.6 Å². The molecule has 8 heteroatoms. The molecule has 124 valence electrons. The maximum atomic E-state index is 11.9. The van der Waals surface area contributed by atoms with Crippen LogP contribution in [0, 0.1) is 0 Å². The van der Waals surface area contributed by atoms with Crippen LogP contribution in [-0.4, -0.2) is 40.5 Å². The molecule has 22 heavy (non-hydrogen) atoms. The van der Waals surface area contributed by atoms with Crippen LogP contribution in [0.2, 0.25) is 0 Å². The molecule has 1 aromatic rings. The molecule has 0 aliphatic rings. The Bertz CT molecular complexity index is 542. The van der Waals surface area contributed by atoms with Crippen LogP contribution in [0.15, 0.2) is 5.38 Å². The molecule has 0 aliphatic heterocycles. The van der Waals surface area contributed by atoms with Crippen LogP contribution in [0.1, 0.15) is 56.2 Å². The summed E-state index contributed by atoms with van der Waals surface area (Å²) in [6.45, 7) is 8.29. The van der Waals surface area contributed by atoms with Crippen LogP contribution in [0.25, 0.3) is 0 Å². The topological polar surface area (TPSA) is 97.8 Å². The van der Waals surface area contributed by atoms with Gasteiger partial charge in [0.2, 0.25) is 0 Å². The maximum absolute atomic E-state index is 11.9. The average molecular weight is 330 g/mol. The van der Waals surface area contributed by atoms with E-state index in [4.69, 9.17) is 4.74 Å². The van der Waals surface area contributed by atoms with Gasteiger partial charge in [-0.15, -0.1) is 11.3 Å². The normalized spacial score (nSPS) is 13.4. The van der Waals surface area contributed by atoms with Crippen LogP contribution in [0.3, 0.4) is 0 Å². The number of nitrogens with zero attached hydrogens (tertiary/aromatic N) is 1. The Balaban J connectivity index is 2.97. The third-order valence-electron chi connectivity index (χ3n) is 2.53. The number of ether oxygens (including phenoxy) is 2. The Kier molecular flexibility index (Phi) is 5.53. The molecule has 0 unspecified atom stereocenters. The minimum atomic E-state index is -1.29. The fourth-order valence-electron chi connectivity index (χ4n) is 1.58. The van der Waals surface area contributed by atoms with Crippen molar-refractivity contribution in [1.82, 2.24) is 10.3 Å². The second-order valence-corrected chi connectivity index (χ2v) is 7.19. The van der Waals surface area contributed by atoms with E-state index in [9.17, 15) is 14.7 Å². The summed E-state index contributed by atoms with van der Waals surface area (Å²) in [5.74, 6) is -0.575. The Morgan fingerprint density at radius 1 is 1.32 bits per heavy atom. The predicted octanol–water partition coefficient (Wildman–Crippen LogP) is 2.27. The molecule has 1 aromatic heterocycles. The van der Waals surface area contributed by atoms with Gasteiger partial charge in [0.1, 0.15) is 16.7 Å². The smallest absolute Gasteiger partial charge is 0.408 e. The van der Waals surface area contributed by atoms with Crippen LogP contribution >= 0.6 is 11.3 Å². The quantitative estimate of drug-likeness (QED) is 0.822. The van der Waals surface area contributed by atoms with Crippen molar-refractivity contribution in [3.8, 4) is 0 Å². The first-order chi connectivity index (χ1) is 9.94. The molecule has 1 heterocycles. The number of esters is 1. The number of alkyl carbamates (subject to hydrolysis) is 1. The number of aromatic nitrogens is 1. The van der Waals surface area contributed by atoms with Crippen molar-refractivity contribution in [2.75, 3.05) is 7.11 Å². The first-order valence-electron chi connectivity index (χ1n) is 6.69. The lowest BCUT2D eigenvalue weighted by Crippen LogP contribution is -2.44. The van der Waals surface area contributed by atoms with Gasteiger partial charge in [-0.1, -0.05) is 0 Å². The maximum Gasteiger partial charge on any atom is 0.408 e. The summed E-state index contributed by atoms with van der Waals surface area (Å²) < 4.78 is 9.78. The van der Waals surface area contributed by atoms with Crippen molar-refractivity contribution in [1.29, 1.82) is 0 Å². The highest BCUT2D eigenvalue weighted by Crippen LogP contribution is 2.28. The fourth-order valence-corrected chi connectivity index (χ4v) is 2.60. The summed E-state index contributed by atoms with van der Waals surface area (Å²) in [5, 5.41) is 14.7. The summed E-state index contributed by atoms with van der Waals surface area (Å²) in [6.07, 6.45) is -0.672. The summed E-state index contributed by atoms with van der Waals surface area (Å²) in [6, 6.07) is -0.814. The molecular formula is C14H22N2O5S. The second-order valence-electron chi connectivity index (χ2n) is 6.30. The number of thiazole rings is 1. The molecular weight excluding hydrogens is 308 g/mol. The minimum Gasteiger partial charge on any atom is -0.464 e. The zero-order valence-corrected chi connectivity index (χ0v) is 14.4. The van der Waals surface area contributed by atoms with Crippen molar-refractivity contribution in [3.63, 3.8) is 0 Å². The third kappa shape index (κ3) is 5.27. The standard InChI is InChI=1S/C14H22N2O5S/c1-13(2,3)21-12(18)16-9(14(4,5)19)10-15-8(7-22-10)11(17)20-6/h7,9,19H,1-6H3,(H,16,18)/t9-/m0/s1. The van der Waals surface area contributed by atoms with Gasteiger partial charge in [0.25, 0.3) is 0 Å². The van der Waals surface area contributed by atoms with Crippen LogP contribution in [-0.2, 0) is 9.47 Å². The molecule has 1 amide bonds. The number of hydrogen-bond donors (Lipinski definition) is 2. The van der Waals surface area contributed by atoms with E-state index in [2.05, 4.69) is 15.0 Å². The van der Waals surface area contributed by atoms with Crippen molar-refractivity contribution < 1.29 is 24.2 Å². The lowest BCUT2D eigenvalue weighted by Gasteiger charge is -2.29. The van der Waals surface area contributed by atoms with Crippen LogP contribution in [0.5, 0.6) is 0 Å². The molecule has 0 spiro atoms. The molecule has 1 atom stereocenters. The van der Waals surface area contributed by atoms with E-state index in [1.165, 1.54) is 26.3 Å². The monoisotopic (exact) mass is 330 g/mol. The average Bonchev–Trinajstić information content (AvgIpc) is 2.80. The van der Waals surface area contributed by atoms with E-state index < -0.39 is 29.3 Å². The number of hydrogen-bond acceptors (Lipinski definition) is 7. The number of methoxy groups -OCH3 is 1. The largest absolute Gasteiger partial charge is 0.464 e. The second kappa shape index (κ2) is 6.62. The molecule has 1 rings (SSSR count). The summed E-state index contributed by atoms with van der Waals surface area (Å²) in [7, 11) is 1.26. The zero-order valence-electron chi connectivity index (χ0n) is 13.6. The van der Waals surface area contributed by atoms with Gasteiger partial charge in [0.05, 0.1) is 12.7 Å². The summed E-state index contributed by atoms with van der Waals surface area (Å²) in [4.78, 5) is 27.5. The van der Waals surface area contributed by atoms with E-state index in [0.717, 1.165) is 11.3 Å². The van der Waals surface area contributed by atoms with E-state index in [0.29, 0.717) is 5.01 Å². The van der Waals surface area contributed by atoms with E-state index >= 15 is 0 Å². The molecule has 0 saturated carbocycles. The zero-order chi connectivity index (χ0) is 17.1. The number of aliphatic hydroxyl groups is 1. The SMILES string of the molecule is COC(=O)c1csc([C@H](NC(=O)OC(C)(C)C)C(C)(C)O)n1. The number of rotatable bonds is 4. The van der Waals surface area contributed by atoms with Gasteiger partial charge in [-0.3, -0.25) is 0 Å². The van der Waals surface area contributed by atoms with Crippen LogP contribution in [0.4, 0.5) is 4.79 Å². The molecule has 7 nitrogen and oxygen atoms in total. The van der Waals surface area contributed by atoms with Crippen LogP contribution < -0.4 is 5.32 Å². The first kappa shape index (κ1) is 18.4. The first-order valence-corrected chi connectivity index (χ1v) is 7.57. The predicted molar refractivity (Wildman–Crippen MR) is 81.9 cm³/mol. The van der Waals surface area contributed by atoms with Gasteiger partial charge in [0.15, 0.2) is 5.69 Å². The number of amides is 1. The molecule has 0 saturated heterocycles. The van der Waals surface area contributed by atoms with Gasteiger partial charge in [0, 0.05) is 5.38 Å². The van der Waals surface area contributed by atoms with Crippen molar-refractivity contribution in [2.45, 2.75) is 51.9 Å². The van der Waals surface area contributed by atoms with Crippen molar-refractivity contribution >= 4 is 23.4 Å². The Hall–Kier alpha value is -1.67. The fraction of sp³-hybridized carbons (Fsp3) is 0.643. The molecule has 0 aromatic carbocycles. The molecule has 0 fully saturated rings. The summed E-state index contributed by atoms with van der Waals surface area (Å²) >= 11 is 1.15. The number of carbonyl (C=O) groups is 2. The van der Waals surface area contributed by atoms with E-state index in [-0.39, 0.29) is 5.69 Å². The molecule has 0 bridgehead atoms. The van der Waals surface area contributed by atoms with Gasteiger partial charge < -0.3 is 19.9 Å². The van der Waals surface area contributed by atoms with E-state index in [1.807, 2.05) is 0 Å². The van der Waals surface area contributed by atoms with E-state index in [1.54, 1.807) is 20.8 Å². The highest BCUT2D eigenvalue weighted by atomic mass is 32.1. The van der Waals surface area contributed by atoms with Gasteiger partial charge in [-0.25, -0.2) is 14.6 Å². The molecule has 0 aliphatic carbocycles. The Labute approximate surface area is 133 Å². The Morgan fingerprint density at radius 3 is 2.36 bits per heavy atom. The number of nitrogens with one attached hydrogen (secondary N) is 1. The van der Waals surface area contributed by atoms with Crippen molar-refractivity contribution in [3.05, 3.63) is 16.1 Å². The summed E-state index contributed by atoms with van der Waals surface area (Å²) in [5.41, 5.74) is -1.82. The lowest BCUT2D eigenvalue weighted by molar-refractivity contribution is 0.0162. The third-order valence-corrected chi connectivity index (χ3v) is 3.44. The molecule has 0 radical (unpaired) electrons. The van der Waals surface area contributed by atoms with Gasteiger partial charge in [-0.2, -0.15) is 0 Å². The highest BCUT2D eigenvalue weighted by molar-refractivity contribution is 7.09. The molecule has 2 N–H and O–H groups in total. The lowest BCUT2D eigenvalue weighted by atomic mass is 10.00. The number of carbonyl (C=O) groups excluding carboxylic acids is 2. The highest BCUT2D eigenvalue weighted by Gasteiger charge is 2.34. The van der Waals surface area contributed by atoms with Crippen molar-refractivity contribution in [2.24, 2.45) is 0 Å².